The second-order valence-corrected chi connectivity index (χ2v) is 6.20. The molecule has 0 unspecified atom stereocenters. The Balaban J connectivity index is 1.77. The summed E-state index contributed by atoms with van der Waals surface area (Å²) >= 11 is 5.96. The first-order chi connectivity index (χ1) is 12.4. The number of nitro groups is 1. The first-order valence-electron chi connectivity index (χ1n) is 7.73. The van der Waals surface area contributed by atoms with Crippen LogP contribution >= 0.6 is 11.6 Å². The van der Waals surface area contributed by atoms with Gasteiger partial charge in [0.05, 0.1) is 16.5 Å². The average Bonchev–Trinajstić information content (AvgIpc) is 3.03. The molecule has 0 saturated carbocycles. The molecule has 1 atom stereocenters. The quantitative estimate of drug-likeness (QED) is 0.308. The molecule has 0 radical (unpaired) electrons. The number of benzene rings is 2. The number of fused-ring (bicyclic) bond motifs is 1. The second-order valence-electron chi connectivity index (χ2n) is 5.77. The maximum absolute atomic E-state index is 12.5. The van der Waals surface area contributed by atoms with Crippen LogP contribution in [0.5, 0.6) is 0 Å². The van der Waals surface area contributed by atoms with Crippen molar-refractivity contribution in [2.45, 2.75) is 13.0 Å². The lowest BCUT2D eigenvalue weighted by Crippen LogP contribution is -2.33. The van der Waals surface area contributed by atoms with Crippen LogP contribution in [0.25, 0.3) is 10.9 Å². The highest BCUT2D eigenvalue weighted by molar-refractivity contribution is 6.45. The number of Topliss-reactive ketones (excluding diaryl/α,β-unsaturated/α-hetero) is 1. The minimum Gasteiger partial charge on any atom is -0.360 e. The molecular formula is C18H14ClN3O4. The molecule has 0 aliphatic rings. The molecule has 26 heavy (non-hydrogen) atoms. The van der Waals surface area contributed by atoms with Crippen LogP contribution in [0.2, 0.25) is 5.02 Å². The zero-order valence-corrected chi connectivity index (χ0v) is 14.4. The predicted octanol–water partition coefficient (Wildman–Crippen LogP) is 3.79. The Morgan fingerprint density at radius 3 is 2.54 bits per heavy atom. The number of H-pyrrole nitrogens is 1. The van der Waals surface area contributed by atoms with E-state index in [0.29, 0.717) is 21.5 Å². The molecule has 8 heteroatoms. The second kappa shape index (κ2) is 6.97. The van der Waals surface area contributed by atoms with Crippen molar-refractivity contribution in [1.82, 2.24) is 10.3 Å². The minimum absolute atomic E-state index is 0.0426. The smallest absolute Gasteiger partial charge is 0.292 e. The molecule has 3 rings (SSSR count). The highest BCUT2D eigenvalue weighted by Crippen LogP contribution is 2.23. The van der Waals surface area contributed by atoms with Crippen LogP contribution in [-0.4, -0.2) is 21.6 Å². The van der Waals surface area contributed by atoms with Crippen molar-refractivity contribution in [3.8, 4) is 0 Å². The van der Waals surface area contributed by atoms with Crippen LogP contribution in [0.4, 0.5) is 5.69 Å². The van der Waals surface area contributed by atoms with Gasteiger partial charge in [-0.05, 0) is 30.7 Å². The summed E-state index contributed by atoms with van der Waals surface area (Å²) in [4.78, 5) is 37.9. The van der Waals surface area contributed by atoms with Gasteiger partial charge >= 0.3 is 0 Å². The minimum atomic E-state index is -0.767. The standard InChI is InChI=1S/C18H14ClN3O4/c1-10(11-2-5-13(6-3-11)22(25)26)21-18(24)17(23)15-9-20-16-7-4-12(19)8-14(15)16/h2-10,20H,1H3,(H,21,24)/t10-/m0/s1. The van der Waals surface area contributed by atoms with Gasteiger partial charge < -0.3 is 10.3 Å². The Labute approximate surface area is 153 Å². The van der Waals surface area contributed by atoms with Gasteiger partial charge in [-0.15, -0.1) is 0 Å². The van der Waals surface area contributed by atoms with E-state index in [-0.39, 0.29) is 11.3 Å². The molecular weight excluding hydrogens is 358 g/mol. The molecule has 132 valence electrons. The van der Waals surface area contributed by atoms with Gasteiger partial charge in [-0.1, -0.05) is 23.7 Å². The summed E-state index contributed by atoms with van der Waals surface area (Å²) in [5.41, 5.74) is 1.54. The van der Waals surface area contributed by atoms with Crippen LogP contribution in [0.1, 0.15) is 28.9 Å². The maximum atomic E-state index is 12.5. The van der Waals surface area contributed by atoms with E-state index in [9.17, 15) is 19.7 Å². The van der Waals surface area contributed by atoms with E-state index in [1.54, 1.807) is 37.3 Å². The molecule has 0 aliphatic heterocycles. The Morgan fingerprint density at radius 2 is 1.88 bits per heavy atom. The van der Waals surface area contributed by atoms with E-state index in [1.165, 1.54) is 18.3 Å². The number of amides is 1. The molecule has 0 spiro atoms. The number of hydrogen-bond acceptors (Lipinski definition) is 4. The number of carbonyl (C=O) groups excluding carboxylic acids is 2. The van der Waals surface area contributed by atoms with Crippen molar-refractivity contribution in [1.29, 1.82) is 0 Å². The first-order valence-corrected chi connectivity index (χ1v) is 8.11. The number of hydrogen-bond donors (Lipinski definition) is 2. The fourth-order valence-corrected chi connectivity index (χ4v) is 2.81. The highest BCUT2D eigenvalue weighted by Gasteiger charge is 2.22. The normalized spacial score (nSPS) is 11.9. The van der Waals surface area contributed by atoms with Gasteiger partial charge in [0.15, 0.2) is 0 Å². The number of halogens is 1. The monoisotopic (exact) mass is 371 g/mol. The summed E-state index contributed by atoms with van der Waals surface area (Å²) in [7, 11) is 0. The van der Waals surface area contributed by atoms with E-state index < -0.39 is 22.7 Å². The lowest BCUT2D eigenvalue weighted by atomic mass is 10.1. The van der Waals surface area contributed by atoms with E-state index in [1.807, 2.05) is 0 Å². The number of non-ortho nitro benzene ring substituents is 1. The van der Waals surface area contributed by atoms with Gasteiger partial charge in [-0.2, -0.15) is 0 Å². The number of rotatable bonds is 5. The Morgan fingerprint density at radius 1 is 1.19 bits per heavy atom. The molecule has 0 bridgehead atoms. The van der Waals surface area contributed by atoms with Gasteiger partial charge in [-0.3, -0.25) is 19.7 Å². The maximum Gasteiger partial charge on any atom is 0.292 e. The van der Waals surface area contributed by atoms with Gasteiger partial charge in [-0.25, -0.2) is 0 Å². The van der Waals surface area contributed by atoms with E-state index >= 15 is 0 Å². The van der Waals surface area contributed by atoms with Crippen LogP contribution < -0.4 is 5.32 Å². The first kappa shape index (κ1) is 17.6. The predicted molar refractivity (Wildman–Crippen MR) is 97.3 cm³/mol. The van der Waals surface area contributed by atoms with Crippen molar-refractivity contribution >= 4 is 39.9 Å². The van der Waals surface area contributed by atoms with E-state index in [0.717, 1.165) is 0 Å². The number of carbonyl (C=O) groups is 2. The molecule has 7 nitrogen and oxygen atoms in total. The van der Waals surface area contributed by atoms with Crippen molar-refractivity contribution in [2.75, 3.05) is 0 Å². The Hall–Kier alpha value is -3.19. The summed E-state index contributed by atoms with van der Waals surface area (Å²) in [6.45, 7) is 1.69. The van der Waals surface area contributed by atoms with Crippen molar-refractivity contribution in [3.63, 3.8) is 0 Å². The Kier molecular flexibility index (Phi) is 4.73. The van der Waals surface area contributed by atoms with Crippen LogP contribution in [0.15, 0.2) is 48.7 Å². The molecule has 1 aromatic heterocycles. The number of ketones is 1. The molecule has 1 amide bonds. The largest absolute Gasteiger partial charge is 0.360 e. The molecule has 2 aromatic carbocycles. The fourth-order valence-electron chi connectivity index (χ4n) is 2.63. The third-order valence-electron chi connectivity index (χ3n) is 4.05. The van der Waals surface area contributed by atoms with Crippen molar-refractivity contribution in [3.05, 3.63) is 74.9 Å². The number of nitrogens with one attached hydrogen (secondary N) is 2. The van der Waals surface area contributed by atoms with E-state index in [4.69, 9.17) is 11.6 Å². The van der Waals surface area contributed by atoms with Crippen LogP contribution in [-0.2, 0) is 4.79 Å². The van der Waals surface area contributed by atoms with Gasteiger partial charge in [0, 0.05) is 34.3 Å². The number of aromatic amines is 1. The number of aromatic nitrogens is 1. The Bertz CT molecular complexity index is 1010. The third kappa shape index (κ3) is 3.43. The topological polar surface area (TPSA) is 105 Å². The summed E-state index contributed by atoms with van der Waals surface area (Å²) in [5, 5.41) is 14.3. The number of nitro benzene ring substituents is 1. The highest BCUT2D eigenvalue weighted by atomic mass is 35.5. The zero-order valence-electron chi connectivity index (χ0n) is 13.7. The third-order valence-corrected chi connectivity index (χ3v) is 4.28. The molecule has 1 heterocycles. The van der Waals surface area contributed by atoms with Gasteiger partial charge in [0.1, 0.15) is 0 Å². The summed E-state index contributed by atoms with van der Waals surface area (Å²) in [5.74, 6) is -1.45. The lowest BCUT2D eigenvalue weighted by Gasteiger charge is -2.13. The summed E-state index contributed by atoms with van der Waals surface area (Å²) in [6.07, 6.45) is 1.47. The molecule has 0 saturated heterocycles. The van der Waals surface area contributed by atoms with Crippen molar-refractivity contribution < 1.29 is 14.5 Å². The fraction of sp³-hybridized carbons (Fsp3) is 0.111. The van der Waals surface area contributed by atoms with E-state index in [2.05, 4.69) is 10.3 Å². The van der Waals surface area contributed by atoms with Crippen LogP contribution in [0, 0.1) is 10.1 Å². The molecule has 3 aromatic rings. The SMILES string of the molecule is C[C@H](NC(=O)C(=O)c1c[nH]c2ccc(Cl)cc12)c1ccc([N+](=O)[O-])cc1. The van der Waals surface area contributed by atoms with Gasteiger partial charge in [0.25, 0.3) is 17.4 Å². The number of nitrogens with zero attached hydrogens (tertiary/aromatic N) is 1. The zero-order chi connectivity index (χ0) is 18.8. The van der Waals surface area contributed by atoms with Crippen molar-refractivity contribution in [2.24, 2.45) is 0 Å². The van der Waals surface area contributed by atoms with Crippen LogP contribution in [0.3, 0.4) is 0 Å². The lowest BCUT2D eigenvalue weighted by molar-refractivity contribution is -0.384. The molecule has 0 fully saturated rings. The molecule has 2 N–H and O–H groups in total. The molecule has 0 aliphatic carbocycles. The van der Waals surface area contributed by atoms with Gasteiger partial charge in [0.2, 0.25) is 0 Å². The average molecular weight is 372 g/mol. The summed E-state index contributed by atoms with van der Waals surface area (Å²) < 4.78 is 0. The summed E-state index contributed by atoms with van der Waals surface area (Å²) in [6, 6.07) is 10.3.